The second-order valence-corrected chi connectivity index (χ2v) is 4.63. The highest BCUT2D eigenvalue weighted by atomic mass is 32.1. The van der Waals surface area contributed by atoms with Crippen LogP contribution >= 0.6 is 12.2 Å². The molecule has 1 aromatic rings. The molecule has 0 spiro atoms. The Morgan fingerprint density at radius 2 is 2.12 bits per heavy atom. The topological polar surface area (TPSA) is 50.9 Å². The summed E-state index contributed by atoms with van der Waals surface area (Å²) >= 11 is 4.91. The smallest absolute Gasteiger partial charge is 0.122 e. The molecule has 1 rings (SSSR count). The lowest BCUT2D eigenvalue weighted by atomic mass is 9.95. The monoisotopic (exact) mass is 237 g/mol. The maximum atomic E-state index is 5.55. The van der Waals surface area contributed by atoms with E-state index < -0.39 is 0 Å². The van der Waals surface area contributed by atoms with E-state index in [1.54, 1.807) is 6.20 Å². The number of rotatable bonds is 5. The van der Waals surface area contributed by atoms with Crippen molar-refractivity contribution in [1.82, 2.24) is 4.98 Å². The molecule has 0 aliphatic rings. The Hall–Kier alpha value is -1.16. The van der Waals surface area contributed by atoms with Crippen molar-refractivity contribution in [3.05, 3.63) is 24.0 Å². The van der Waals surface area contributed by atoms with Gasteiger partial charge in [0.05, 0.1) is 5.69 Å². The van der Waals surface area contributed by atoms with Gasteiger partial charge >= 0.3 is 0 Å². The van der Waals surface area contributed by atoms with Gasteiger partial charge in [0, 0.05) is 17.4 Å². The van der Waals surface area contributed by atoms with Gasteiger partial charge in [-0.15, -0.1) is 0 Å². The molecular formula is C12H19N3S. The number of nitrogens with two attached hydrogens (primary N) is 1. The highest BCUT2D eigenvalue weighted by Gasteiger charge is 2.18. The number of nitrogens with zero attached hydrogens (tertiary/aromatic N) is 1. The first-order valence-electron chi connectivity index (χ1n) is 5.55. The zero-order valence-electron chi connectivity index (χ0n) is 10.1. The van der Waals surface area contributed by atoms with E-state index in [0.717, 1.165) is 18.5 Å². The summed E-state index contributed by atoms with van der Waals surface area (Å²) in [5, 5.41) is 3.49. The van der Waals surface area contributed by atoms with Gasteiger partial charge in [-0.2, -0.15) is 0 Å². The Morgan fingerprint density at radius 1 is 1.50 bits per heavy atom. The fraction of sp³-hybridized carbons (Fsp3) is 0.500. The van der Waals surface area contributed by atoms with Crippen molar-refractivity contribution in [3.63, 3.8) is 0 Å². The Morgan fingerprint density at radius 3 is 2.62 bits per heavy atom. The molecule has 0 saturated carbocycles. The second-order valence-electron chi connectivity index (χ2n) is 4.19. The fourth-order valence-electron chi connectivity index (χ4n) is 1.42. The Labute approximate surface area is 102 Å². The van der Waals surface area contributed by atoms with Crippen molar-refractivity contribution in [2.24, 2.45) is 5.73 Å². The number of hydrogen-bond donors (Lipinski definition) is 2. The van der Waals surface area contributed by atoms with Crippen LogP contribution in [0.1, 0.15) is 39.3 Å². The molecule has 0 unspecified atom stereocenters. The zero-order chi connectivity index (χ0) is 12.2. The molecule has 4 heteroatoms. The van der Waals surface area contributed by atoms with Gasteiger partial charge in [0.2, 0.25) is 0 Å². The molecule has 3 N–H and O–H groups in total. The predicted octanol–water partition coefficient (Wildman–Crippen LogP) is 2.71. The summed E-state index contributed by atoms with van der Waals surface area (Å²) in [5.41, 5.74) is 7.34. The summed E-state index contributed by atoms with van der Waals surface area (Å²) in [7, 11) is 0. The van der Waals surface area contributed by atoms with Crippen LogP contribution in [0, 0.1) is 0 Å². The van der Waals surface area contributed by atoms with Gasteiger partial charge in [0.1, 0.15) is 4.99 Å². The summed E-state index contributed by atoms with van der Waals surface area (Å²) in [6.07, 6.45) is 3.85. The van der Waals surface area contributed by atoms with Gasteiger partial charge in [0.25, 0.3) is 0 Å². The molecular weight excluding hydrogens is 218 g/mol. The fourth-order valence-corrected chi connectivity index (χ4v) is 1.53. The van der Waals surface area contributed by atoms with Crippen LogP contribution in [0.4, 0.5) is 5.69 Å². The van der Waals surface area contributed by atoms with Crippen molar-refractivity contribution in [3.8, 4) is 0 Å². The molecule has 1 heterocycles. The molecule has 0 aromatic carbocycles. The lowest BCUT2D eigenvalue weighted by molar-refractivity contribution is 0.478. The zero-order valence-corrected chi connectivity index (χ0v) is 10.9. The van der Waals surface area contributed by atoms with Crippen molar-refractivity contribution in [2.75, 3.05) is 5.32 Å². The molecule has 0 amide bonds. The molecule has 0 atom stereocenters. The first-order valence-corrected chi connectivity index (χ1v) is 5.95. The third kappa shape index (κ3) is 3.17. The first-order chi connectivity index (χ1) is 7.50. The second kappa shape index (κ2) is 5.25. The van der Waals surface area contributed by atoms with Gasteiger partial charge in [-0.25, -0.2) is 0 Å². The highest BCUT2D eigenvalue weighted by molar-refractivity contribution is 7.80. The molecule has 3 nitrogen and oxygen atoms in total. The SMILES string of the molecule is CCC(C)(CC)Nc1ccnc(C(N)=S)c1. The van der Waals surface area contributed by atoms with Crippen molar-refractivity contribution in [1.29, 1.82) is 0 Å². The van der Waals surface area contributed by atoms with Crippen LogP contribution in [0.3, 0.4) is 0 Å². The van der Waals surface area contributed by atoms with Gasteiger partial charge in [-0.1, -0.05) is 26.1 Å². The van der Waals surface area contributed by atoms with E-state index in [4.69, 9.17) is 18.0 Å². The van der Waals surface area contributed by atoms with Crippen LogP contribution in [0.2, 0.25) is 0 Å². The summed E-state index contributed by atoms with van der Waals surface area (Å²) in [6, 6.07) is 3.83. The van der Waals surface area contributed by atoms with Gasteiger partial charge in [-0.05, 0) is 31.9 Å². The summed E-state index contributed by atoms with van der Waals surface area (Å²) in [5.74, 6) is 0. The van der Waals surface area contributed by atoms with Gasteiger partial charge in [0.15, 0.2) is 0 Å². The number of hydrogen-bond acceptors (Lipinski definition) is 3. The quantitative estimate of drug-likeness (QED) is 0.773. The predicted molar refractivity (Wildman–Crippen MR) is 72.7 cm³/mol. The average molecular weight is 237 g/mol. The summed E-state index contributed by atoms with van der Waals surface area (Å²) < 4.78 is 0. The van der Waals surface area contributed by atoms with Crippen LogP contribution in [0.5, 0.6) is 0 Å². The molecule has 0 radical (unpaired) electrons. The average Bonchev–Trinajstić information content (AvgIpc) is 2.29. The molecule has 0 saturated heterocycles. The maximum Gasteiger partial charge on any atom is 0.122 e. The molecule has 0 fully saturated rings. The van der Waals surface area contributed by atoms with Crippen LogP contribution in [-0.2, 0) is 0 Å². The lowest BCUT2D eigenvalue weighted by Gasteiger charge is -2.29. The number of pyridine rings is 1. The van der Waals surface area contributed by atoms with E-state index in [9.17, 15) is 0 Å². The van der Waals surface area contributed by atoms with Crippen molar-refractivity contribution in [2.45, 2.75) is 39.2 Å². The molecule has 0 bridgehead atoms. The Bertz CT molecular complexity index is 372. The minimum absolute atomic E-state index is 0.106. The van der Waals surface area contributed by atoms with Crippen molar-refractivity contribution >= 4 is 22.9 Å². The van der Waals surface area contributed by atoms with E-state index in [1.165, 1.54) is 0 Å². The minimum atomic E-state index is 0.106. The van der Waals surface area contributed by atoms with Crippen LogP contribution in [0.25, 0.3) is 0 Å². The van der Waals surface area contributed by atoms with E-state index in [1.807, 2.05) is 12.1 Å². The summed E-state index contributed by atoms with van der Waals surface area (Å²) in [6.45, 7) is 6.55. The molecule has 0 aliphatic heterocycles. The van der Waals surface area contributed by atoms with Crippen LogP contribution < -0.4 is 11.1 Å². The molecule has 0 aliphatic carbocycles. The standard InChI is InChI=1S/C12H19N3S/c1-4-12(3,5-2)15-9-6-7-14-10(8-9)11(13)16/h6-8H,4-5H2,1-3H3,(H2,13,16)(H,14,15). The number of thiocarbonyl (C=S) groups is 1. The van der Waals surface area contributed by atoms with E-state index in [2.05, 4.69) is 31.1 Å². The number of nitrogens with one attached hydrogen (secondary N) is 1. The highest BCUT2D eigenvalue weighted by Crippen LogP contribution is 2.21. The minimum Gasteiger partial charge on any atom is -0.388 e. The normalized spacial score (nSPS) is 11.2. The van der Waals surface area contributed by atoms with Crippen LogP contribution in [-0.4, -0.2) is 15.5 Å². The molecule has 1 aromatic heterocycles. The largest absolute Gasteiger partial charge is 0.388 e. The van der Waals surface area contributed by atoms with E-state index >= 15 is 0 Å². The molecule has 88 valence electrons. The Balaban J connectivity index is 2.89. The molecule has 16 heavy (non-hydrogen) atoms. The van der Waals surface area contributed by atoms with Crippen LogP contribution in [0.15, 0.2) is 18.3 Å². The Kier molecular flexibility index (Phi) is 4.24. The summed E-state index contributed by atoms with van der Waals surface area (Å²) in [4.78, 5) is 4.45. The maximum absolute atomic E-state index is 5.55. The van der Waals surface area contributed by atoms with Gasteiger partial charge < -0.3 is 11.1 Å². The number of aromatic nitrogens is 1. The number of anilines is 1. The van der Waals surface area contributed by atoms with E-state index in [-0.39, 0.29) is 5.54 Å². The van der Waals surface area contributed by atoms with Gasteiger partial charge in [-0.3, -0.25) is 4.98 Å². The van der Waals surface area contributed by atoms with E-state index in [0.29, 0.717) is 10.7 Å². The third-order valence-corrected chi connectivity index (χ3v) is 3.23. The van der Waals surface area contributed by atoms with Crippen molar-refractivity contribution < 1.29 is 0 Å². The lowest BCUT2D eigenvalue weighted by Crippen LogP contribution is -2.33. The third-order valence-electron chi connectivity index (χ3n) is 3.02. The first kappa shape index (κ1) is 12.9.